The van der Waals surface area contributed by atoms with Crippen LogP contribution >= 0.6 is 23.2 Å². The predicted molar refractivity (Wildman–Crippen MR) is 75.1 cm³/mol. The summed E-state index contributed by atoms with van der Waals surface area (Å²) in [6.07, 6.45) is 0. The Balaban J connectivity index is 1.98. The van der Waals surface area contributed by atoms with Crippen LogP contribution in [0.1, 0.15) is 17.1 Å². The van der Waals surface area contributed by atoms with Gasteiger partial charge in [-0.2, -0.15) is 0 Å². The van der Waals surface area contributed by atoms with Gasteiger partial charge < -0.3 is 4.42 Å². The maximum Gasteiger partial charge on any atom is 0.118 e. The first kappa shape index (κ1) is 13.5. The Labute approximate surface area is 117 Å². The molecule has 18 heavy (non-hydrogen) atoms. The normalized spacial score (nSPS) is 11.2. The zero-order valence-electron chi connectivity index (χ0n) is 10.4. The minimum absolute atomic E-state index is 0.588. The summed E-state index contributed by atoms with van der Waals surface area (Å²) in [5.74, 6) is 1.91. The first-order chi connectivity index (χ1) is 8.54. The summed E-state index contributed by atoms with van der Waals surface area (Å²) in [7, 11) is 2.04. The summed E-state index contributed by atoms with van der Waals surface area (Å²) >= 11 is 11.9. The molecule has 1 heterocycles. The zero-order chi connectivity index (χ0) is 13.1. The Morgan fingerprint density at radius 1 is 1.06 bits per heavy atom. The second-order valence-electron chi connectivity index (χ2n) is 4.43. The average molecular weight is 284 g/mol. The molecule has 0 aliphatic carbocycles. The lowest BCUT2D eigenvalue weighted by atomic mass is 10.2. The standard InChI is InChI=1S/C14H15Cl2NO/c1-10-3-5-12(18-10)9-17(2)8-11-4-6-13(15)14(16)7-11/h3-7H,8-9H2,1-2H3. The fraction of sp³-hybridized carbons (Fsp3) is 0.286. The molecule has 1 aromatic heterocycles. The maximum atomic E-state index is 5.99. The van der Waals surface area contributed by atoms with Crippen molar-refractivity contribution in [3.8, 4) is 0 Å². The molecule has 0 atom stereocenters. The van der Waals surface area contributed by atoms with Gasteiger partial charge in [0.05, 0.1) is 16.6 Å². The minimum Gasteiger partial charge on any atom is -0.465 e. The lowest BCUT2D eigenvalue weighted by molar-refractivity contribution is 0.285. The summed E-state index contributed by atoms with van der Waals surface area (Å²) in [6.45, 7) is 3.52. The van der Waals surface area contributed by atoms with E-state index in [4.69, 9.17) is 27.6 Å². The number of furan rings is 1. The lowest BCUT2D eigenvalue weighted by Crippen LogP contribution is -2.16. The fourth-order valence-electron chi connectivity index (χ4n) is 1.84. The van der Waals surface area contributed by atoms with E-state index in [-0.39, 0.29) is 0 Å². The van der Waals surface area contributed by atoms with E-state index < -0.39 is 0 Å². The summed E-state index contributed by atoms with van der Waals surface area (Å²) in [5.41, 5.74) is 1.13. The van der Waals surface area contributed by atoms with E-state index >= 15 is 0 Å². The number of hydrogen-bond acceptors (Lipinski definition) is 2. The topological polar surface area (TPSA) is 16.4 Å². The van der Waals surface area contributed by atoms with Gasteiger partial charge >= 0.3 is 0 Å². The Morgan fingerprint density at radius 2 is 1.83 bits per heavy atom. The Bertz CT molecular complexity index is 536. The molecule has 0 radical (unpaired) electrons. The second kappa shape index (κ2) is 5.79. The van der Waals surface area contributed by atoms with Crippen molar-refractivity contribution in [2.24, 2.45) is 0 Å². The van der Waals surface area contributed by atoms with Crippen LogP contribution in [0, 0.1) is 6.92 Å². The highest BCUT2D eigenvalue weighted by Crippen LogP contribution is 2.23. The first-order valence-electron chi connectivity index (χ1n) is 5.72. The van der Waals surface area contributed by atoms with Gasteiger partial charge in [0.15, 0.2) is 0 Å². The van der Waals surface area contributed by atoms with Crippen molar-refractivity contribution < 1.29 is 4.42 Å². The quantitative estimate of drug-likeness (QED) is 0.820. The van der Waals surface area contributed by atoms with Crippen molar-refractivity contribution in [1.29, 1.82) is 0 Å². The van der Waals surface area contributed by atoms with Crippen LogP contribution in [0.25, 0.3) is 0 Å². The van der Waals surface area contributed by atoms with E-state index in [0.29, 0.717) is 10.0 Å². The van der Waals surface area contributed by atoms with Gasteiger partial charge in [-0.25, -0.2) is 0 Å². The summed E-state index contributed by atoms with van der Waals surface area (Å²) in [5, 5.41) is 1.18. The molecule has 96 valence electrons. The molecule has 0 fully saturated rings. The lowest BCUT2D eigenvalue weighted by Gasteiger charge is -2.15. The fourth-order valence-corrected chi connectivity index (χ4v) is 2.16. The molecular weight excluding hydrogens is 269 g/mol. The molecule has 0 unspecified atom stereocenters. The number of rotatable bonds is 4. The van der Waals surface area contributed by atoms with Crippen molar-refractivity contribution >= 4 is 23.2 Å². The highest BCUT2D eigenvalue weighted by Gasteiger charge is 2.06. The van der Waals surface area contributed by atoms with Gasteiger partial charge in [0, 0.05) is 6.54 Å². The molecule has 2 nitrogen and oxygen atoms in total. The Kier molecular flexibility index (Phi) is 4.33. The molecule has 2 rings (SSSR count). The molecule has 0 aliphatic rings. The molecule has 0 saturated carbocycles. The number of halogens is 2. The molecule has 2 aromatic rings. The number of benzene rings is 1. The molecule has 0 spiro atoms. The summed E-state index contributed by atoms with van der Waals surface area (Å²) in [4.78, 5) is 2.16. The zero-order valence-corrected chi connectivity index (χ0v) is 11.9. The van der Waals surface area contributed by atoms with Crippen molar-refractivity contribution in [2.75, 3.05) is 7.05 Å². The van der Waals surface area contributed by atoms with Gasteiger partial charge in [0.2, 0.25) is 0 Å². The maximum absolute atomic E-state index is 5.99. The number of hydrogen-bond donors (Lipinski definition) is 0. The van der Waals surface area contributed by atoms with Crippen LogP contribution in [0.15, 0.2) is 34.7 Å². The number of nitrogens with zero attached hydrogens (tertiary/aromatic N) is 1. The second-order valence-corrected chi connectivity index (χ2v) is 5.25. The molecule has 0 bridgehead atoms. The van der Waals surface area contributed by atoms with Crippen LogP contribution in [-0.4, -0.2) is 11.9 Å². The van der Waals surface area contributed by atoms with E-state index in [1.807, 2.05) is 44.3 Å². The van der Waals surface area contributed by atoms with Crippen LogP contribution < -0.4 is 0 Å². The van der Waals surface area contributed by atoms with Gasteiger partial charge in [0.25, 0.3) is 0 Å². The highest BCUT2D eigenvalue weighted by molar-refractivity contribution is 6.42. The van der Waals surface area contributed by atoms with E-state index in [1.165, 1.54) is 0 Å². The average Bonchev–Trinajstić information content (AvgIpc) is 2.69. The van der Waals surface area contributed by atoms with Gasteiger partial charge in [-0.05, 0) is 43.8 Å². The van der Waals surface area contributed by atoms with Crippen LogP contribution in [0.2, 0.25) is 10.0 Å². The highest BCUT2D eigenvalue weighted by atomic mass is 35.5. The van der Waals surface area contributed by atoms with Gasteiger partial charge in [-0.15, -0.1) is 0 Å². The SMILES string of the molecule is Cc1ccc(CN(C)Cc2ccc(Cl)c(Cl)c2)o1. The summed E-state index contributed by atoms with van der Waals surface area (Å²) < 4.78 is 5.55. The Hall–Kier alpha value is -0.960. The molecule has 4 heteroatoms. The van der Waals surface area contributed by atoms with Gasteiger partial charge in [0.1, 0.15) is 11.5 Å². The molecule has 0 aliphatic heterocycles. The van der Waals surface area contributed by atoms with Crippen molar-refractivity contribution in [3.05, 3.63) is 57.5 Å². The third kappa shape index (κ3) is 3.52. The summed E-state index contributed by atoms with van der Waals surface area (Å²) in [6, 6.07) is 9.68. The monoisotopic (exact) mass is 283 g/mol. The van der Waals surface area contributed by atoms with Crippen molar-refractivity contribution in [3.63, 3.8) is 0 Å². The van der Waals surface area contributed by atoms with E-state index in [0.717, 1.165) is 30.2 Å². The molecule has 0 saturated heterocycles. The van der Waals surface area contributed by atoms with Gasteiger partial charge in [-0.1, -0.05) is 29.3 Å². The van der Waals surface area contributed by atoms with Crippen LogP contribution in [0.4, 0.5) is 0 Å². The van der Waals surface area contributed by atoms with E-state index in [2.05, 4.69) is 4.90 Å². The third-order valence-electron chi connectivity index (χ3n) is 2.66. The van der Waals surface area contributed by atoms with Crippen molar-refractivity contribution in [2.45, 2.75) is 20.0 Å². The first-order valence-corrected chi connectivity index (χ1v) is 6.48. The van der Waals surface area contributed by atoms with Crippen LogP contribution in [0.5, 0.6) is 0 Å². The molecule has 0 N–H and O–H groups in total. The van der Waals surface area contributed by atoms with E-state index in [1.54, 1.807) is 0 Å². The third-order valence-corrected chi connectivity index (χ3v) is 3.40. The molecule has 0 amide bonds. The molecular formula is C14H15Cl2NO. The number of aryl methyl sites for hydroxylation is 1. The predicted octanol–water partition coefficient (Wildman–Crippen LogP) is 4.53. The smallest absolute Gasteiger partial charge is 0.118 e. The van der Waals surface area contributed by atoms with Crippen LogP contribution in [0.3, 0.4) is 0 Å². The van der Waals surface area contributed by atoms with Crippen LogP contribution in [-0.2, 0) is 13.1 Å². The van der Waals surface area contributed by atoms with Crippen molar-refractivity contribution in [1.82, 2.24) is 4.90 Å². The minimum atomic E-state index is 0.588. The van der Waals surface area contributed by atoms with Gasteiger partial charge in [-0.3, -0.25) is 4.90 Å². The largest absolute Gasteiger partial charge is 0.465 e. The van der Waals surface area contributed by atoms with E-state index in [9.17, 15) is 0 Å². The Morgan fingerprint density at radius 3 is 2.44 bits per heavy atom. The molecule has 1 aromatic carbocycles.